The predicted octanol–water partition coefficient (Wildman–Crippen LogP) is 5.58. The first-order valence-electron chi connectivity index (χ1n) is 9.28. The molecule has 0 saturated carbocycles. The van der Waals surface area contributed by atoms with Crippen LogP contribution in [0, 0.1) is 5.82 Å². The Morgan fingerprint density at radius 2 is 1.40 bits per heavy atom. The van der Waals surface area contributed by atoms with E-state index < -0.39 is 17.8 Å². The number of carbonyl (C=O) groups excluding carboxylic acids is 2. The maximum absolute atomic E-state index is 14.0. The summed E-state index contributed by atoms with van der Waals surface area (Å²) < 4.78 is 24.3. The molecule has 0 atom stereocenters. The second kappa shape index (κ2) is 12.5. The van der Waals surface area contributed by atoms with Crippen molar-refractivity contribution in [1.29, 1.82) is 0 Å². The van der Waals surface area contributed by atoms with Crippen LogP contribution >= 0.6 is 0 Å². The zero-order valence-corrected chi connectivity index (χ0v) is 15.3. The molecule has 0 saturated heterocycles. The fourth-order valence-electron chi connectivity index (χ4n) is 2.40. The number of hydrogen-bond donors (Lipinski definition) is 0. The van der Waals surface area contributed by atoms with E-state index >= 15 is 0 Å². The monoisotopic (exact) mass is 352 g/mol. The number of benzene rings is 1. The molecule has 0 N–H and O–H groups in total. The van der Waals surface area contributed by atoms with Crippen molar-refractivity contribution in [2.45, 2.75) is 78.1 Å². The minimum atomic E-state index is -0.710. The fraction of sp³-hybridized carbons (Fsp3) is 0.600. The standard InChI is InChI=1S/C20H29FO4/c1-3-5-7-9-14-18(22)24-17-13-11-12-16(21)20(17)25-19(23)15-10-8-6-4-2/h11-13H,3-10,14-15H2,1-2H3. The Hall–Kier alpha value is -1.91. The Kier molecular flexibility index (Phi) is 10.5. The number of hydrogen-bond acceptors (Lipinski definition) is 4. The Balaban J connectivity index is 2.58. The van der Waals surface area contributed by atoms with Crippen molar-refractivity contribution in [3.05, 3.63) is 24.0 Å². The van der Waals surface area contributed by atoms with Gasteiger partial charge in [0.2, 0.25) is 5.75 Å². The van der Waals surface area contributed by atoms with E-state index in [1.807, 2.05) is 0 Å². The molecule has 5 heteroatoms. The summed E-state index contributed by atoms with van der Waals surface area (Å²) in [5.74, 6) is -2.01. The lowest BCUT2D eigenvalue weighted by atomic mass is 10.1. The number of esters is 2. The van der Waals surface area contributed by atoms with Gasteiger partial charge < -0.3 is 9.47 Å². The van der Waals surface area contributed by atoms with Crippen LogP contribution in [0.5, 0.6) is 11.5 Å². The van der Waals surface area contributed by atoms with Crippen LogP contribution in [0.25, 0.3) is 0 Å². The average Bonchev–Trinajstić information content (AvgIpc) is 2.59. The first kappa shape index (κ1) is 21.1. The molecule has 1 aromatic carbocycles. The molecule has 0 heterocycles. The van der Waals surface area contributed by atoms with Gasteiger partial charge in [-0.15, -0.1) is 0 Å². The second-order valence-electron chi connectivity index (χ2n) is 6.14. The van der Waals surface area contributed by atoms with Gasteiger partial charge in [-0.25, -0.2) is 4.39 Å². The van der Waals surface area contributed by atoms with E-state index in [2.05, 4.69) is 13.8 Å². The fourth-order valence-corrected chi connectivity index (χ4v) is 2.40. The zero-order chi connectivity index (χ0) is 18.5. The zero-order valence-electron chi connectivity index (χ0n) is 15.3. The van der Waals surface area contributed by atoms with Crippen molar-refractivity contribution in [2.24, 2.45) is 0 Å². The van der Waals surface area contributed by atoms with Crippen molar-refractivity contribution in [1.82, 2.24) is 0 Å². The molecular formula is C20H29FO4. The molecule has 1 rings (SSSR count). The number of halogens is 1. The van der Waals surface area contributed by atoms with Crippen molar-refractivity contribution in [3.8, 4) is 11.5 Å². The predicted molar refractivity (Wildman–Crippen MR) is 95.2 cm³/mol. The highest BCUT2D eigenvalue weighted by Crippen LogP contribution is 2.31. The van der Waals surface area contributed by atoms with Crippen molar-refractivity contribution >= 4 is 11.9 Å². The summed E-state index contributed by atoms with van der Waals surface area (Å²) in [5.41, 5.74) is 0. The van der Waals surface area contributed by atoms with E-state index in [-0.39, 0.29) is 24.3 Å². The minimum absolute atomic E-state index is 0.0394. The first-order valence-corrected chi connectivity index (χ1v) is 9.28. The number of ether oxygens (including phenoxy) is 2. The summed E-state index contributed by atoms with van der Waals surface area (Å²) in [4.78, 5) is 23.8. The van der Waals surface area contributed by atoms with Crippen LogP contribution in [-0.4, -0.2) is 11.9 Å². The van der Waals surface area contributed by atoms with Gasteiger partial charge in [-0.3, -0.25) is 9.59 Å². The maximum atomic E-state index is 14.0. The summed E-state index contributed by atoms with van der Waals surface area (Å²) in [5, 5.41) is 0. The summed E-state index contributed by atoms with van der Waals surface area (Å²) >= 11 is 0. The molecule has 0 fully saturated rings. The molecule has 4 nitrogen and oxygen atoms in total. The van der Waals surface area contributed by atoms with Gasteiger partial charge in [-0.1, -0.05) is 58.4 Å². The van der Waals surface area contributed by atoms with Crippen LogP contribution in [0.4, 0.5) is 4.39 Å². The first-order chi connectivity index (χ1) is 12.1. The third kappa shape index (κ3) is 8.66. The topological polar surface area (TPSA) is 52.6 Å². The number of carbonyl (C=O) groups is 2. The van der Waals surface area contributed by atoms with Crippen LogP contribution in [0.2, 0.25) is 0 Å². The molecule has 0 amide bonds. The van der Waals surface area contributed by atoms with Gasteiger partial charge in [-0.05, 0) is 25.0 Å². The Labute approximate surface area is 149 Å². The lowest BCUT2D eigenvalue weighted by Crippen LogP contribution is -2.13. The molecule has 0 aliphatic rings. The molecule has 25 heavy (non-hydrogen) atoms. The number of unbranched alkanes of at least 4 members (excludes halogenated alkanes) is 6. The highest BCUT2D eigenvalue weighted by atomic mass is 19.1. The van der Waals surface area contributed by atoms with Gasteiger partial charge in [0.1, 0.15) is 0 Å². The normalized spacial score (nSPS) is 10.5. The Bertz CT molecular complexity index is 542. The highest BCUT2D eigenvalue weighted by Gasteiger charge is 2.17. The van der Waals surface area contributed by atoms with Gasteiger partial charge in [0.05, 0.1) is 0 Å². The molecule has 140 valence electrons. The second-order valence-corrected chi connectivity index (χ2v) is 6.14. The molecule has 1 aromatic rings. The van der Waals surface area contributed by atoms with Gasteiger partial charge in [-0.2, -0.15) is 0 Å². The average molecular weight is 352 g/mol. The van der Waals surface area contributed by atoms with Gasteiger partial charge in [0.25, 0.3) is 0 Å². The Morgan fingerprint density at radius 1 is 0.840 bits per heavy atom. The van der Waals surface area contributed by atoms with Crippen LogP contribution < -0.4 is 9.47 Å². The lowest BCUT2D eigenvalue weighted by molar-refractivity contribution is -0.137. The molecule has 0 aliphatic heterocycles. The van der Waals surface area contributed by atoms with Crippen LogP contribution in [0.1, 0.15) is 78.1 Å². The lowest BCUT2D eigenvalue weighted by Gasteiger charge is -2.11. The molecule has 0 spiro atoms. The van der Waals surface area contributed by atoms with Gasteiger partial charge >= 0.3 is 11.9 Å². The van der Waals surface area contributed by atoms with Crippen molar-refractivity contribution in [2.75, 3.05) is 0 Å². The van der Waals surface area contributed by atoms with E-state index in [4.69, 9.17) is 9.47 Å². The van der Waals surface area contributed by atoms with Crippen LogP contribution in [-0.2, 0) is 9.59 Å². The van der Waals surface area contributed by atoms with Gasteiger partial charge in [0, 0.05) is 12.8 Å². The van der Waals surface area contributed by atoms with Crippen LogP contribution in [0.15, 0.2) is 18.2 Å². The quantitative estimate of drug-likeness (QED) is 0.280. The summed E-state index contributed by atoms with van der Waals surface area (Å²) in [6.45, 7) is 4.18. The third-order valence-corrected chi connectivity index (χ3v) is 3.84. The molecule has 0 unspecified atom stereocenters. The van der Waals surface area contributed by atoms with E-state index in [9.17, 15) is 14.0 Å². The van der Waals surface area contributed by atoms with Crippen molar-refractivity contribution < 1.29 is 23.5 Å². The SMILES string of the molecule is CCCCCCC(=O)Oc1cccc(F)c1OC(=O)CCCCCC. The van der Waals surface area contributed by atoms with Crippen molar-refractivity contribution in [3.63, 3.8) is 0 Å². The van der Waals surface area contributed by atoms with Crippen LogP contribution in [0.3, 0.4) is 0 Å². The number of rotatable bonds is 12. The van der Waals surface area contributed by atoms with E-state index in [1.54, 1.807) is 0 Å². The summed E-state index contributed by atoms with van der Waals surface area (Å²) in [7, 11) is 0. The number of para-hydroxylation sites is 1. The maximum Gasteiger partial charge on any atom is 0.311 e. The van der Waals surface area contributed by atoms with Gasteiger partial charge in [0.15, 0.2) is 11.6 Å². The molecule has 0 radical (unpaired) electrons. The highest BCUT2D eigenvalue weighted by molar-refractivity contribution is 5.76. The van der Waals surface area contributed by atoms with E-state index in [0.29, 0.717) is 6.42 Å². The summed E-state index contributed by atoms with van der Waals surface area (Å²) in [6, 6.07) is 4.04. The third-order valence-electron chi connectivity index (χ3n) is 3.84. The molecular weight excluding hydrogens is 323 g/mol. The van der Waals surface area contributed by atoms with E-state index in [0.717, 1.165) is 44.9 Å². The summed E-state index contributed by atoms with van der Waals surface area (Å²) in [6.07, 6.45) is 8.07. The largest absolute Gasteiger partial charge is 0.422 e. The minimum Gasteiger partial charge on any atom is -0.422 e. The smallest absolute Gasteiger partial charge is 0.311 e. The van der Waals surface area contributed by atoms with E-state index in [1.165, 1.54) is 18.2 Å². The molecule has 0 aliphatic carbocycles. The molecule has 0 bridgehead atoms. The Morgan fingerprint density at radius 3 is 1.96 bits per heavy atom. The molecule has 0 aromatic heterocycles.